The van der Waals surface area contributed by atoms with E-state index < -0.39 is 27.7 Å². The van der Waals surface area contributed by atoms with Gasteiger partial charge in [-0.1, -0.05) is 6.07 Å². The molecule has 1 aliphatic heterocycles. The normalized spacial score (nSPS) is 17.2. The highest BCUT2D eigenvalue weighted by atomic mass is 32.2. The fraction of sp³-hybridized carbons (Fsp3) is 0.222. The molecular formula is C18H17FN2O5S. The zero-order valence-electron chi connectivity index (χ0n) is 14.3. The second-order valence-corrected chi connectivity index (χ2v) is 7.99. The van der Waals surface area contributed by atoms with Crippen LogP contribution in [-0.4, -0.2) is 31.9 Å². The lowest BCUT2D eigenvalue weighted by molar-refractivity contribution is -0.141. The maximum absolute atomic E-state index is 13.6. The highest BCUT2D eigenvalue weighted by molar-refractivity contribution is 7.92. The summed E-state index contributed by atoms with van der Waals surface area (Å²) >= 11 is 0. The minimum absolute atomic E-state index is 0.0428. The Morgan fingerprint density at radius 1 is 1.22 bits per heavy atom. The van der Waals surface area contributed by atoms with E-state index >= 15 is 0 Å². The predicted molar refractivity (Wildman–Crippen MR) is 96.5 cm³/mol. The molecule has 1 atom stereocenters. The number of sulfonamides is 1. The molecular weight excluding hydrogens is 375 g/mol. The van der Waals surface area contributed by atoms with Crippen LogP contribution in [0.2, 0.25) is 0 Å². The average Bonchev–Trinajstić information content (AvgIpc) is 3.00. The van der Waals surface area contributed by atoms with E-state index in [9.17, 15) is 22.4 Å². The predicted octanol–water partition coefficient (Wildman–Crippen LogP) is 2.37. The Kier molecular flexibility index (Phi) is 4.88. The van der Waals surface area contributed by atoms with Crippen molar-refractivity contribution in [1.82, 2.24) is 0 Å². The lowest BCUT2D eigenvalue weighted by atomic mass is 10.1. The number of hydrogen-bond donors (Lipinski definition) is 2. The van der Waals surface area contributed by atoms with E-state index in [1.54, 1.807) is 6.92 Å². The number of amides is 1. The number of rotatable bonds is 5. The standard InChI is InChI=1S/C18H17FN2O5S/c1-11-2-3-13(9-16(11)19)20-27(25,26)15-6-4-14(5-7-15)21-10-12(18(23)24)8-17(21)22/h2-7,9,12,20H,8,10H2,1H3,(H,23,24)/t12-/m0/s1. The number of halogens is 1. The first-order valence-electron chi connectivity index (χ1n) is 8.09. The summed E-state index contributed by atoms with van der Waals surface area (Å²) in [6, 6.07) is 9.51. The van der Waals surface area contributed by atoms with Crippen molar-refractivity contribution in [2.75, 3.05) is 16.2 Å². The molecule has 1 heterocycles. The highest BCUT2D eigenvalue weighted by Gasteiger charge is 2.35. The lowest BCUT2D eigenvalue weighted by Gasteiger charge is -2.16. The molecule has 0 aromatic heterocycles. The molecule has 2 aromatic rings. The van der Waals surface area contributed by atoms with Crippen molar-refractivity contribution >= 4 is 33.3 Å². The molecule has 7 nitrogen and oxygen atoms in total. The second-order valence-electron chi connectivity index (χ2n) is 6.31. The Hall–Kier alpha value is -2.94. The van der Waals surface area contributed by atoms with Crippen molar-refractivity contribution in [1.29, 1.82) is 0 Å². The summed E-state index contributed by atoms with van der Waals surface area (Å²) in [5.74, 6) is -2.67. The summed E-state index contributed by atoms with van der Waals surface area (Å²) in [5, 5.41) is 9.03. The fourth-order valence-electron chi connectivity index (χ4n) is 2.80. The fourth-order valence-corrected chi connectivity index (χ4v) is 3.85. The van der Waals surface area contributed by atoms with E-state index in [4.69, 9.17) is 5.11 Å². The number of carbonyl (C=O) groups is 2. The van der Waals surface area contributed by atoms with Gasteiger partial charge in [0.05, 0.1) is 16.5 Å². The quantitative estimate of drug-likeness (QED) is 0.813. The molecule has 1 aliphatic rings. The summed E-state index contributed by atoms with van der Waals surface area (Å²) in [6.45, 7) is 1.61. The van der Waals surface area contributed by atoms with Crippen LogP contribution in [0.15, 0.2) is 47.4 Å². The number of carbonyl (C=O) groups excluding carboxylic acids is 1. The highest BCUT2D eigenvalue weighted by Crippen LogP contribution is 2.27. The maximum Gasteiger partial charge on any atom is 0.308 e. The summed E-state index contributed by atoms with van der Waals surface area (Å²) in [6.07, 6.45) is -0.0874. The molecule has 1 amide bonds. The summed E-state index contributed by atoms with van der Waals surface area (Å²) in [4.78, 5) is 24.3. The lowest BCUT2D eigenvalue weighted by Crippen LogP contribution is -2.25. The van der Waals surface area contributed by atoms with Gasteiger partial charge in [-0.3, -0.25) is 14.3 Å². The molecule has 0 unspecified atom stereocenters. The summed E-state index contributed by atoms with van der Waals surface area (Å²) in [7, 11) is -3.94. The maximum atomic E-state index is 13.6. The van der Waals surface area contributed by atoms with Crippen LogP contribution in [0.1, 0.15) is 12.0 Å². The molecule has 1 fully saturated rings. The van der Waals surface area contributed by atoms with E-state index in [1.807, 2.05) is 0 Å². The molecule has 2 aromatic carbocycles. The van der Waals surface area contributed by atoms with Crippen molar-refractivity contribution in [2.45, 2.75) is 18.2 Å². The third-order valence-electron chi connectivity index (χ3n) is 4.36. The Balaban J connectivity index is 1.79. The van der Waals surface area contributed by atoms with Gasteiger partial charge in [-0.25, -0.2) is 12.8 Å². The third-order valence-corrected chi connectivity index (χ3v) is 5.75. The van der Waals surface area contributed by atoms with E-state index in [0.29, 0.717) is 11.3 Å². The van der Waals surface area contributed by atoms with Crippen LogP contribution < -0.4 is 9.62 Å². The molecule has 142 valence electrons. The first-order chi connectivity index (χ1) is 12.7. The number of anilines is 2. The zero-order valence-corrected chi connectivity index (χ0v) is 15.2. The Bertz CT molecular complexity index is 1000. The first-order valence-corrected chi connectivity index (χ1v) is 9.58. The van der Waals surface area contributed by atoms with Gasteiger partial charge in [0.15, 0.2) is 0 Å². The van der Waals surface area contributed by atoms with Gasteiger partial charge in [-0.2, -0.15) is 0 Å². The van der Waals surface area contributed by atoms with Crippen LogP contribution in [-0.2, 0) is 19.6 Å². The zero-order chi connectivity index (χ0) is 19.8. The molecule has 2 N–H and O–H groups in total. The van der Waals surface area contributed by atoms with Crippen LogP contribution in [0, 0.1) is 18.7 Å². The topological polar surface area (TPSA) is 104 Å². The summed E-state index contributed by atoms with van der Waals surface area (Å²) < 4.78 is 40.8. The Morgan fingerprint density at radius 2 is 1.89 bits per heavy atom. The number of carboxylic acids is 1. The molecule has 1 saturated heterocycles. The molecule has 0 aliphatic carbocycles. The van der Waals surface area contributed by atoms with Gasteiger partial charge in [0.1, 0.15) is 5.82 Å². The van der Waals surface area contributed by atoms with E-state index in [1.165, 1.54) is 41.3 Å². The van der Waals surface area contributed by atoms with Crippen LogP contribution >= 0.6 is 0 Å². The Labute approximate surface area is 155 Å². The van der Waals surface area contributed by atoms with Gasteiger partial charge < -0.3 is 10.0 Å². The van der Waals surface area contributed by atoms with Gasteiger partial charge in [0.2, 0.25) is 5.91 Å². The molecule has 27 heavy (non-hydrogen) atoms. The third kappa shape index (κ3) is 3.92. The number of hydrogen-bond acceptors (Lipinski definition) is 4. The number of nitrogens with zero attached hydrogens (tertiary/aromatic N) is 1. The molecule has 9 heteroatoms. The van der Waals surface area contributed by atoms with Gasteiger partial charge in [0.25, 0.3) is 10.0 Å². The van der Waals surface area contributed by atoms with Gasteiger partial charge in [-0.15, -0.1) is 0 Å². The largest absolute Gasteiger partial charge is 0.481 e. The number of carboxylic acid groups (broad SMARTS) is 1. The van der Waals surface area contributed by atoms with Crippen molar-refractivity contribution in [3.8, 4) is 0 Å². The smallest absolute Gasteiger partial charge is 0.308 e. The SMILES string of the molecule is Cc1ccc(NS(=O)(=O)c2ccc(N3C[C@@H](C(=O)O)CC3=O)cc2)cc1F. The first kappa shape index (κ1) is 18.8. The number of aliphatic carboxylic acids is 1. The van der Waals surface area contributed by atoms with Crippen molar-refractivity contribution in [3.63, 3.8) is 0 Å². The van der Waals surface area contributed by atoms with E-state index in [0.717, 1.165) is 6.07 Å². The number of benzene rings is 2. The van der Waals surface area contributed by atoms with E-state index in [2.05, 4.69) is 4.72 Å². The van der Waals surface area contributed by atoms with Crippen LogP contribution in [0.4, 0.5) is 15.8 Å². The van der Waals surface area contributed by atoms with Gasteiger partial charge in [-0.05, 0) is 48.9 Å². The van der Waals surface area contributed by atoms with Crippen molar-refractivity contribution in [3.05, 3.63) is 53.8 Å². The second kappa shape index (κ2) is 6.99. The van der Waals surface area contributed by atoms with Crippen LogP contribution in [0.3, 0.4) is 0 Å². The number of nitrogens with one attached hydrogen (secondary N) is 1. The monoisotopic (exact) mass is 392 g/mol. The minimum atomic E-state index is -3.94. The molecule has 0 bridgehead atoms. The molecule has 0 radical (unpaired) electrons. The number of aryl methyl sites for hydroxylation is 1. The van der Waals surface area contributed by atoms with E-state index in [-0.39, 0.29) is 29.5 Å². The molecule has 0 saturated carbocycles. The minimum Gasteiger partial charge on any atom is -0.481 e. The van der Waals surface area contributed by atoms with Gasteiger partial charge >= 0.3 is 5.97 Å². The average molecular weight is 392 g/mol. The molecule has 3 rings (SSSR count). The Morgan fingerprint density at radius 3 is 2.44 bits per heavy atom. The van der Waals surface area contributed by atoms with Crippen LogP contribution in [0.5, 0.6) is 0 Å². The summed E-state index contributed by atoms with van der Waals surface area (Å²) in [5.41, 5.74) is 0.919. The van der Waals surface area contributed by atoms with Crippen LogP contribution in [0.25, 0.3) is 0 Å². The van der Waals surface area contributed by atoms with Gasteiger partial charge in [0, 0.05) is 18.7 Å². The molecule has 0 spiro atoms. The van der Waals surface area contributed by atoms with Crippen molar-refractivity contribution in [2.24, 2.45) is 5.92 Å². The van der Waals surface area contributed by atoms with Crippen molar-refractivity contribution < 1.29 is 27.5 Å².